The molecule has 0 saturated heterocycles. The van der Waals surface area contributed by atoms with Crippen molar-refractivity contribution in [2.24, 2.45) is 0 Å². The highest BCUT2D eigenvalue weighted by molar-refractivity contribution is 5.78. The lowest BCUT2D eigenvalue weighted by Crippen LogP contribution is -2.32. The van der Waals surface area contributed by atoms with Gasteiger partial charge in [-0.05, 0) is 64.4 Å². The Labute approximate surface area is 283 Å². The summed E-state index contributed by atoms with van der Waals surface area (Å²) < 4.78 is 0. The van der Waals surface area contributed by atoms with Crippen LogP contribution in [0.15, 0.2) is 127 Å². The van der Waals surface area contributed by atoms with Crippen molar-refractivity contribution in [2.45, 2.75) is 57.6 Å². The molecule has 1 amide bonds. The average molecular weight is 644 g/mol. The SMILES string of the molecule is C[C@H](Cc1cccc(CC(=O)NCc2ccc(CNC(c3ccccc3)c3ccccc3)cc2)c1)NC[C@@H](O)c1ccc(O)c(CO)c1. The van der Waals surface area contributed by atoms with E-state index in [4.69, 9.17) is 0 Å². The quantitative estimate of drug-likeness (QED) is 0.0801. The van der Waals surface area contributed by atoms with E-state index in [0.29, 0.717) is 30.6 Å². The number of carbonyl (C=O) groups is 1. The van der Waals surface area contributed by atoms with Crippen molar-refractivity contribution in [1.82, 2.24) is 16.0 Å². The minimum atomic E-state index is -0.770. The van der Waals surface area contributed by atoms with Crippen molar-refractivity contribution < 1.29 is 20.1 Å². The average Bonchev–Trinajstić information content (AvgIpc) is 3.11. The number of aliphatic hydroxyl groups is 2. The Balaban J connectivity index is 1.06. The van der Waals surface area contributed by atoms with Crippen LogP contribution in [-0.4, -0.2) is 33.8 Å². The van der Waals surface area contributed by atoms with Gasteiger partial charge in [0.05, 0.1) is 25.2 Å². The number of carbonyl (C=O) groups excluding carboxylic acids is 1. The Kier molecular flexibility index (Phi) is 12.5. The molecule has 248 valence electrons. The molecule has 0 aliphatic rings. The number of hydrogen-bond acceptors (Lipinski definition) is 6. The highest BCUT2D eigenvalue weighted by Crippen LogP contribution is 2.24. The Morgan fingerprint density at radius 2 is 1.29 bits per heavy atom. The maximum atomic E-state index is 12.8. The molecule has 0 heterocycles. The van der Waals surface area contributed by atoms with Crippen LogP contribution in [0.3, 0.4) is 0 Å². The highest BCUT2D eigenvalue weighted by Gasteiger charge is 2.14. The Morgan fingerprint density at radius 1 is 0.667 bits per heavy atom. The standard InChI is InChI=1S/C41H45N3O4/c1-29(42-27-39(47)36-19-20-38(46)37(24-36)28-45)21-32-9-8-10-33(22-32)23-40(48)43-25-30-15-17-31(18-16-30)26-44-41(34-11-4-2-5-12-34)35-13-6-3-7-14-35/h2-20,22,24,29,39,41-42,44-47H,21,23,25-28H2,1H3,(H,43,48)/t29-,39-/m1/s1. The van der Waals surface area contributed by atoms with Gasteiger partial charge in [-0.1, -0.05) is 115 Å². The molecule has 5 aromatic carbocycles. The van der Waals surface area contributed by atoms with Crippen LogP contribution in [0.25, 0.3) is 0 Å². The normalized spacial score (nSPS) is 12.5. The first-order valence-electron chi connectivity index (χ1n) is 16.5. The van der Waals surface area contributed by atoms with Crippen LogP contribution in [0.2, 0.25) is 0 Å². The minimum Gasteiger partial charge on any atom is -0.508 e. The second-order valence-corrected chi connectivity index (χ2v) is 12.3. The molecule has 0 aromatic heterocycles. The van der Waals surface area contributed by atoms with E-state index >= 15 is 0 Å². The lowest BCUT2D eigenvalue weighted by Gasteiger charge is -2.20. The molecule has 5 rings (SSSR count). The molecule has 0 fully saturated rings. The first-order valence-corrected chi connectivity index (χ1v) is 16.5. The zero-order valence-electron chi connectivity index (χ0n) is 27.3. The van der Waals surface area contributed by atoms with Crippen LogP contribution in [-0.2, 0) is 37.3 Å². The van der Waals surface area contributed by atoms with E-state index in [1.54, 1.807) is 12.1 Å². The first kappa shape index (κ1) is 34.5. The van der Waals surface area contributed by atoms with Crippen LogP contribution in [0.5, 0.6) is 5.75 Å². The number of hydrogen-bond donors (Lipinski definition) is 6. The summed E-state index contributed by atoms with van der Waals surface area (Å²) in [7, 11) is 0. The maximum absolute atomic E-state index is 12.8. The summed E-state index contributed by atoms with van der Waals surface area (Å²) in [6.45, 7) is 3.28. The number of benzene rings is 5. The highest BCUT2D eigenvalue weighted by atomic mass is 16.3. The number of rotatable bonds is 16. The van der Waals surface area contributed by atoms with Gasteiger partial charge in [0.1, 0.15) is 5.75 Å². The topological polar surface area (TPSA) is 114 Å². The zero-order valence-corrected chi connectivity index (χ0v) is 27.3. The van der Waals surface area contributed by atoms with E-state index in [0.717, 1.165) is 29.7 Å². The summed E-state index contributed by atoms with van der Waals surface area (Å²) in [5.74, 6) is -0.0185. The number of aromatic hydroxyl groups is 1. The Morgan fingerprint density at radius 3 is 1.94 bits per heavy atom. The smallest absolute Gasteiger partial charge is 0.224 e. The van der Waals surface area contributed by atoms with Gasteiger partial charge in [-0.2, -0.15) is 0 Å². The van der Waals surface area contributed by atoms with Gasteiger partial charge in [-0.15, -0.1) is 0 Å². The molecule has 0 saturated carbocycles. The molecule has 6 N–H and O–H groups in total. The number of phenols is 1. The molecule has 0 unspecified atom stereocenters. The van der Waals surface area contributed by atoms with Crippen molar-refractivity contribution in [3.63, 3.8) is 0 Å². The van der Waals surface area contributed by atoms with E-state index in [1.807, 2.05) is 37.3 Å². The summed E-state index contributed by atoms with van der Waals surface area (Å²) in [6, 6.07) is 42.2. The minimum absolute atomic E-state index is 0.0121. The second kappa shape index (κ2) is 17.4. The van der Waals surface area contributed by atoms with Crippen molar-refractivity contribution in [3.05, 3.63) is 172 Å². The van der Waals surface area contributed by atoms with Crippen molar-refractivity contribution in [2.75, 3.05) is 6.54 Å². The summed E-state index contributed by atoms with van der Waals surface area (Å²) in [4.78, 5) is 12.8. The molecule has 0 spiro atoms. The maximum Gasteiger partial charge on any atom is 0.224 e. The predicted octanol–water partition coefficient (Wildman–Crippen LogP) is 5.88. The van der Waals surface area contributed by atoms with Gasteiger partial charge < -0.3 is 31.3 Å². The zero-order chi connectivity index (χ0) is 33.7. The van der Waals surface area contributed by atoms with Crippen molar-refractivity contribution in [3.8, 4) is 5.75 Å². The molecule has 0 bridgehead atoms. The number of nitrogens with one attached hydrogen (secondary N) is 3. The fourth-order valence-corrected chi connectivity index (χ4v) is 5.82. The molecular formula is C41H45N3O4. The largest absolute Gasteiger partial charge is 0.508 e. The lowest BCUT2D eigenvalue weighted by molar-refractivity contribution is -0.120. The molecular weight excluding hydrogens is 598 g/mol. The summed E-state index contributed by atoms with van der Waals surface area (Å²) in [6.07, 6.45) is 0.260. The molecule has 0 aliphatic heterocycles. The van der Waals surface area contributed by atoms with E-state index in [9.17, 15) is 20.1 Å². The monoisotopic (exact) mass is 643 g/mol. The van der Waals surface area contributed by atoms with Crippen molar-refractivity contribution >= 4 is 5.91 Å². The third kappa shape index (κ3) is 10.1. The molecule has 0 radical (unpaired) electrons. The third-order valence-electron chi connectivity index (χ3n) is 8.51. The van der Waals surface area contributed by atoms with Crippen LogP contribution < -0.4 is 16.0 Å². The van der Waals surface area contributed by atoms with Crippen LogP contribution in [0.1, 0.15) is 63.6 Å². The van der Waals surface area contributed by atoms with E-state index < -0.39 is 6.10 Å². The number of aliphatic hydroxyl groups excluding tert-OH is 2. The summed E-state index contributed by atoms with van der Waals surface area (Å²) in [5, 5.41) is 39.8. The Hall–Kier alpha value is -4.79. The van der Waals surface area contributed by atoms with Gasteiger partial charge in [-0.25, -0.2) is 0 Å². The first-order chi connectivity index (χ1) is 23.4. The Bertz CT molecular complexity index is 1690. The summed E-state index contributed by atoms with van der Waals surface area (Å²) >= 11 is 0. The molecule has 5 aromatic rings. The van der Waals surface area contributed by atoms with Gasteiger partial charge in [0, 0.05) is 31.2 Å². The van der Waals surface area contributed by atoms with Crippen LogP contribution >= 0.6 is 0 Å². The van der Waals surface area contributed by atoms with Gasteiger partial charge in [0.2, 0.25) is 5.91 Å². The third-order valence-corrected chi connectivity index (χ3v) is 8.51. The molecule has 2 atom stereocenters. The van der Waals surface area contributed by atoms with Gasteiger partial charge in [-0.3, -0.25) is 4.79 Å². The fraction of sp³-hybridized carbons (Fsp3) is 0.244. The van der Waals surface area contributed by atoms with Crippen LogP contribution in [0.4, 0.5) is 0 Å². The summed E-state index contributed by atoms with van der Waals surface area (Å²) in [5.41, 5.74) is 7.74. The van der Waals surface area contributed by atoms with E-state index in [2.05, 4.69) is 94.8 Å². The molecule has 0 aliphatic carbocycles. The van der Waals surface area contributed by atoms with Crippen molar-refractivity contribution in [1.29, 1.82) is 0 Å². The van der Waals surface area contributed by atoms with E-state index in [-0.39, 0.29) is 30.3 Å². The molecule has 7 heteroatoms. The van der Waals surface area contributed by atoms with Crippen LogP contribution in [0, 0.1) is 0 Å². The van der Waals surface area contributed by atoms with Gasteiger partial charge >= 0.3 is 0 Å². The second-order valence-electron chi connectivity index (χ2n) is 12.3. The fourth-order valence-electron chi connectivity index (χ4n) is 5.82. The van der Waals surface area contributed by atoms with Gasteiger partial charge in [0.15, 0.2) is 0 Å². The molecule has 7 nitrogen and oxygen atoms in total. The molecule has 48 heavy (non-hydrogen) atoms. The van der Waals surface area contributed by atoms with Gasteiger partial charge in [0.25, 0.3) is 0 Å². The van der Waals surface area contributed by atoms with E-state index in [1.165, 1.54) is 22.8 Å². The predicted molar refractivity (Wildman–Crippen MR) is 190 cm³/mol. The lowest BCUT2D eigenvalue weighted by atomic mass is 9.98. The number of amides is 1.